The molecule has 0 radical (unpaired) electrons. The molecule has 6 aromatic carbocycles. The Morgan fingerprint density at radius 2 is 0.702 bits per heavy atom. The van der Waals surface area contributed by atoms with Gasteiger partial charge in [0.25, 0.3) is 0 Å². The summed E-state index contributed by atoms with van der Waals surface area (Å²) in [5, 5.41) is 8.74. The van der Waals surface area contributed by atoms with Gasteiger partial charge >= 0.3 is 0 Å². The average molecular weight is 1350 g/mol. The fourth-order valence-corrected chi connectivity index (χ4v) is 11.8. The summed E-state index contributed by atoms with van der Waals surface area (Å²) in [6.07, 6.45) is 18.8. The quantitative estimate of drug-likeness (QED) is 0.165. The summed E-state index contributed by atoms with van der Waals surface area (Å²) in [5.74, 6) is 0. The number of H-pyrrole nitrogens is 2. The molecule has 434 valence electrons. The smallest absolute Gasteiger partial charge is 0.0709 e. The molecule has 14 rings (SSSR count). The number of hydrogen-bond acceptors (Lipinski definition) is 7. The van der Waals surface area contributed by atoms with E-state index in [1.807, 2.05) is 24.9 Å². The molecule has 0 atom stereocenters. The van der Waals surface area contributed by atoms with Crippen LogP contribution in [0.2, 0.25) is 0 Å². The molecular formula is C70H74N8O5U-6. The van der Waals surface area contributed by atoms with E-state index < -0.39 is 0 Å². The molecule has 0 saturated carbocycles. The third-order valence-electron chi connectivity index (χ3n) is 16.7. The van der Waals surface area contributed by atoms with E-state index in [0.717, 1.165) is 177 Å². The number of aliphatic imine (C=N–C) groups is 4. The van der Waals surface area contributed by atoms with Crippen LogP contribution in [0.25, 0.3) is 43.1 Å². The fraction of sp³-hybridized carbons (Fsp3) is 0.314. The summed E-state index contributed by atoms with van der Waals surface area (Å²) in [4.78, 5) is 38.1. The fourth-order valence-electron chi connectivity index (χ4n) is 11.8. The Morgan fingerprint density at radius 1 is 0.381 bits per heavy atom. The van der Waals surface area contributed by atoms with E-state index in [4.69, 9.17) is 44.1 Å². The van der Waals surface area contributed by atoms with Gasteiger partial charge in [-0.1, -0.05) is 100 Å². The van der Waals surface area contributed by atoms with Gasteiger partial charge in [0.2, 0.25) is 0 Å². The van der Waals surface area contributed by atoms with Crippen LogP contribution in [0.5, 0.6) is 0 Å². The zero-order chi connectivity index (χ0) is 55.4. The van der Waals surface area contributed by atoms with E-state index in [1.54, 1.807) is 0 Å². The zero-order valence-corrected chi connectivity index (χ0v) is 52.9. The predicted molar refractivity (Wildman–Crippen MR) is 337 cm³/mol. The molecule has 13 nitrogen and oxygen atoms in total. The van der Waals surface area contributed by atoms with Gasteiger partial charge in [0, 0.05) is 122 Å². The summed E-state index contributed by atoms with van der Waals surface area (Å²) in [7, 11) is 0. The van der Waals surface area contributed by atoms with Gasteiger partial charge in [0.1, 0.15) is 0 Å². The maximum atomic E-state index is 5.18. The maximum absolute atomic E-state index is 5.18. The van der Waals surface area contributed by atoms with Gasteiger partial charge in [-0.05, 0) is 164 Å². The van der Waals surface area contributed by atoms with Crippen molar-refractivity contribution >= 4 is 90.7 Å². The van der Waals surface area contributed by atoms with Crippen LogP contribution in [-0.4, -0.2) is 74.5 Å². The summed E-state index contributed by atoms with van der Waals surface area (Å²) in [6, 6.07) is 51.1. The van der Waals surface area contributed by atoms with Gasteiger partial charge in [-0.3, -0.25) is 20.0 Å². The molecule has 0 amide bonds. The molecule has 8 heterocycles. The van der Waals surface area contributed by atoms with Gasteiger partial charge in [-0.2, -0.15) is 11.4 Å². The number of nitrogens with one attached hydrogen (secondary N) is 2. The van der Waals surface area contributed by atoms with E-state index >= 15 is 0 Å². The summed E-state index contributed by atoms with van der Waals surface area (Å²) < 4.78 is 14.8. The van der Waals surface area contributed by atoms with Crippen molar-refractivity contribution in [3.8, 4) is 0 Å². The van der Waals surface area contributed by atoms with Crippen molar-refractivity contribution in [2.45, 2.75) is 103 Å². The number of aromatic nitrogens is 4. The molecule has 3 fully saturated rings. The predicted octanol–water partition coefficient (Wildman–Crippen LogP) is 16.6. The number of fused-ring (bicyclic) bond motifs is 8. The van der Waals surface area contributed by atoms with E-state index in [1.165, 1.54) is 38.5 Å². The zero-order valence-electron chi connectivity index (χ0n) is 48.7. The molecule has 4 aliphatic rings. The minimum Gasteiger partial charge on any atom is -2.00 e. The van der Waals surface area contributed by atoms with E-state index in [-0.39, 0.29) is 52.9 Å². The Balaban J connectivity index is 0.000000446. The molecule has 14 heteroatoms. The number of benzene rings is 6. The van der Waals surface area contributed by atoms with Gasteiger partial charge in [-0.25, -0.2) is 0 Å². The van der Waals surface area contributed by atoms with Crippen LogP contribution >= 0.6 is 0 Å². The van der Waals surface area contributed by atoms with Gasteiger partial charge < -0.3 is 45.1 Å². The third-order valence-corrected chi connectivity index (χ3v) is 16.7. The summed E-state index contributed by atoms with van der Waals surface area (Å²) >= 11 is 0. The molecule has 84 heavy (non-hydrogen) atoms. The Labute approximate surface area is 517 Å². The second-order valence-electron chi connectivity index (χ2n) is 21.4. The van der Waals surface area contributed by atoms with Crippen LogP contribution in [0.4, 0.5) is 22.7 Å². The Morgan fingerprint density at radius 3 is 1.00 bits per heavy atom. The minimum atomic E-state index is -0.361. The van der Waals surface area contributed by atoms with Gasteiger partial charge in [0.15, 0.2) is 0 Å². The van der Waals surface area contributed by atoms with Gasteiger partial charge in [-0.15, -0.1) is 11.4 Å². The van der Waals surface area contributed by atoms with Crippen molar-refractivity contribution in [3.63, 3.8) is 0 Å². The van der Waals surface area contributed by atoms with Crippen LogP contribution in [-0.2, 0) is 36.0 Å². The first kappa shape index (κ1) is 63.0. The maximum Gasteiger partial charge on any atom is 0.0709 e. The first-order valence-electron chi connectivity index (χ1n) is 29.4. The van der Waals surface area contributed by atoms with E-state index in [2.05, 4.69) is 183 Å². The number of aromatic amines is 2. The van der Waals surface area contributed by atoms with Crippen LogP contribution < -0.4 is 9.97 Å². The van der Waals surface area contributed by atoms with Crippen LogP contribution in [0.3, 0.4) is 0 Å². The van der Waals surface area contributed by atoms with Gasteiger partial charge in [0.05, 0.1) is 46.6 Å². The largest absolute Gasteiger partial charge is 2.00 e. The molecule has 2 N–H and O–H groups in total. The van der Waals surface area contributed by atoms with Crippen molar-refractivity contribution in [2.24, 2.45) is 20.0 Å². The second kappa shape index (κ2) is 29.7. The average Bonchev–Trinajstić information content (AvgIpc) is 2.90. The Kier molecular flexibility index (Phi) is 22.3. The molecule has 0 spiro atoms. The van der Waals surface area contributed by atoms with Crippen molar-refractivity contribution in [3.05, 3.63) is 191 Å². The normalized spacial score (nSPS) is 15.8. The molecular weight excluding hydrogens is 1270 g/mol. The van der Waals surface area contributed by atoms with Crippen molar-refractivity contribution in [1.82, 2.24) is 19.9 Å². The Hall–Kier alpha value is -6.99. The molecule has 12 bridgehead atoms. The van der Waals surface area contributed by atoms with Crippen LogP contribution in [0, 0.1) is 31.1 Å². The van der Waals surface area contributed by atoms with Crippen LogP contribution in [0.1, 0.15) is 137 Å². The molecule has 0 aliphatic carbocycles. The van der Waals surface area contributed by atoms with Crippen LogP contribution in [0.15, 0.2) is 166 Å². The molecule has 0 unspecified atom stereocenters. The molecule has 10 aromatic rings. The summed E-state index contributed by atoms with van der Waals surface area (Å²) in [5.41, 5.74) is 10.7. The standard InChI is InChI=1S/C58H50N8.3C4H8O.2O.U/c1-5-57(6-2)53-25-21-41(63-53)33-59-49-17-9-13-37-29-39-15-11-19-51(47(39)31-45(37)49)61-35-43-23-27-55(65-43)58(7-3,8-4)56-28-24-44(66-56)36-62-52-20-12-16-40-30-38-14-10-18-50(46(38)32-48(40)52)60-34-42-22-26-54(57)64-42;3*1-2-4-5-3-1;;;/h9-36,63-64H,5-8H2,1-4H3;3*1-4H2;;;/q-2;;;;2*-2;. The van der Waals surface area contributed by atoms with Crippen molar-refractivity contribution in [2.75, 3.05) is 39.6 Å². The topological polar surface area (TPSA) is 194 Å². The first-order valence-corrected chi connectivity index (χ1v) is 29.4. The Bertz CT molecular complexity index is 3360. The molecule has 4 aliphatic heterocycles. The summed E-state index contributed by atoms with van der Waals surface area (Å²) in [6.45, 7) is 14.9. The third kappa shape index (κ3) is 13.9. The van der Waals surface area contributed by atoms with Crippen molar-refractivity contribution in [1.29, 1.82) is 0 Å². The first-order chi connectivity index (χ1) is 39.9. The molecule has 4 aromatic heterocycles. The number of hydrogen-bond donors (Lipinski definition) is 2. The van der Waals surface area contributed by atoms with E-state index in [9.17, 15) is 0 Å². The van der Waals surface area contributed by atoms with Crippen molar-refractivity contribution < 1.29 is 56.3 Å². The number of rotatable bonds is 4. The minimum absolute atomic E-state index is 0. The monoisotopic (exact) mass is 1340 g/mol. The van der Waals surface area contributed by atoms with E-state index in [0.29, 0.717) is 0 Å². The SMILES string of the molecule is C1CCOC1.C1CCOC1.C1CCOC1.CCC1(CC)c2ccc([n-]2)C=Nc2cccc3cc4cccc(c4cc23)N=Cc2ccc([nH]2)C(CC)(CC)c2ccc([nH]2)C=Nc2cccc3cc4cccc(c4cc23)N=Cc2ccc1[n-]2.[O-2].[O-2].[U]. The second-order valence-corrected chi connectivity index (χ2v) is 21.4. The number of ether oxygens (including phenoxy) is 3. The number of nitrogens with zero attached hydrogens (tertiary/aromatic N) is 6. The molecule has 3 saturated heterocycles.